The number of likely N-dealkylation sites (tertiary alicyclic amines) is 1. The Balaban J connectivity index is 1.39. The van der Waals surface area contributed by atoms with Crippen LogP contribution >= 0.6 is 0 Å². The summed E-state index contributed by atoms with van der Waals surface area (Å²) in [5, 5.41) is 11.5. The lowest BCUT2D eigenvalue weighted by Gasteiger charge is -2.21. The van der Waals surface area contributed by atoms with Crippen molar-refractivity contribution >= 4 is 22.5 Å². The molecule has 134 valence electrons. The summed E-state index contributed by atoms with van der Waals surface area (Å²) >= 11 is 0. The van der Waals surface area contributed by atoms with E-state index in [1.807, 2.05) is 18.2 Å². The molecular weight excluding hydrogens is 333 g/mol. The van der Waals surface area contributed by atoms with E-state index in [0.717, 1.165) is 23.0 Å². The van der Waals surface area contributed by atoms with Crippen molar-refractivity contribution in [2.24, 2.45) is 5.73 Å². The molecule has 1 saturated heterocycles. The summed E-state index contributed by atoms with van der Waals surface area (Å²) < 4.78 is 13.0. The number of hydrogen-bond donors (Lipinski definition) is 3. The molecule has 26 heavy (non-hydrogen) atoms. The Morgan fingerprint density at radius 3 is 2.92 bits per heavy atom. The molecule has 0 saturated carbocycles. The Labute approximate surface area is 150 Å². The molecule has 0 bridgehead atoms. The van der Waals surface area contributed by atoms with Crippen LogP contribution in [-0.2, 0) is 4.79 Å². The molecule has 0 aliphatic carbocycles. The molecule has 2 unspecified atom stereocenters. The van der Waals surface area contributed by atoms with E-state index >= 15 is 0 Å². The second kappa shape index (κ2) is 6.76. The Morgan fingerprint density at radius 2 is 2.12 bits per heavy atom. The highest BCUT2D eigenvalue weighted by Gasteiger charge is 2.30. The molecular formula is C19H20FN5O. The first-order valence-corrected chi connectivity index (χ1v) is 8.59. The number of nitrogens with two attached hydrogens (primary N) is 1. The number of amides is 1. The average molecular weight is 353 g/mol. The highest BCUT2D eigenvalue weighted by atomic mass is 19.1. The Morgan fingerprint density at radius 1 is 1.31 bits per heavy atom. The predicted molar refractivity (Wildman–Crippen MR) is 98.0 cm³/mol. The molecule has 1 aliphatic heterocycles. The minimum atomic E-state index is -0.767. The summed E-state index contributed by atoms with van der Waals surface area (Å²) in [5.74, 6) is -0.473. The first-order chi connectivity index (χ1) is 12.6. The van der Waals surface area contributed by atoms with E-state index in [-0.39, 0.29) is 17.8 Å². The smallest absolute Gasteiger partial charge is 0.244 e. The Kier molecular flexibility index (Phi) is 4.30. The van der Waals surface area contributed by atoms with Crippen molar-refractivity contribution in [2.45, 2.75) is 18.5 Å². The van der Waals surface area contributed by atoms with Crippen LogP contribution in [0.5, 0.6) is 0 Å². The van der Waals surface area contributed by atoms with E-state index in [2.05, 4.69) is 15.5 Å². The second-order valence-corrected chi connectivity index (χ2v) is 6.62. The standard InChI is InChI=1S/C19H20FN5O/c20-14-3-1-12(2-4-14)18(21)19(26)25-8-7-16(11-25)23-15-5-6-17-13(9-15)10-22-24-17/h1-6,9-10,16,18,23H,7-8,11,21H2,(H,22,24). The minimum absolute atomic E-state index is 0.133. The number of nitrogens with one attached hydrogen (secondary N) is 2. The van der Waals surface area contributed by atoms with Crippen LogP contribution in [0.15, 0.2) is 48.7 Å². The number of carbonyl (C=O) groups excluding carboxylic acids is 1. The van der Waals surface area contributed by atoms with Crippen LogP contribution in [0.3, 0.4) is 0 Å². The third kappa shape index (κ3) is 3.25. The Bertz CT molecular complexity index is 923. The van der Waals surface area contributed by atoms with Gasteiger partial charge in [0.05, 0.1) is 11.7 Å². The fourth-order valence-electron chi connectivity index (χ4n) is 3.36. The van der Waals surface area contributed by atoms with Gasteiger partial charge in [-0.3, -0.25) is 9.89 Å². The van der Waals surface area contributed by atoms with Gasteiger partial charge in [0, 0.05) is 30.2 Å². The zero-order valence-corrected chi connectivity index (χ0v) is 14.2. The predicted octanol–water partition coefficient (Wildman–Crippen LogP) is 2.41. The maximum absolute atomic E-state index is 13.0. The molecule has 1 aromatic heterocycles. The number of carbonyl (C=O) groups is 1. The van der Waals surface area contributed by atoms with Gasteiger partial charge in [0.2, 0.25) is 5.91 Å². The number of aromatic amines is 1. The molecule has 3 aromatic rings. The molecule has 2 heterocycles. The highest BCUT2D eigenvalue weighted by molar-refractivity contribution is 5.84. The summed E-state index contributed by atoms with van der Waals surface area (Å²) in [6.07, 6.45) is 2.64. The van der Waals surface area contributed by atoms with Gasteiger partial charge in [-0.2, -0.15) is 5.10 Å². The SMILES string of the molecule is NC(C(=O)N1CCC(Nc2ccc3[nH]ncc3c2)C1)c1ccc(F)cc1. The number of H-pyrrole nitrogens is 1. The third-order valence-electron chi connectivity index (χ3n) is 4.81. The van der Waals surface area contributed by atoms with Gasteiger partial charge in [-0.1, -0.05) is 12.1 Å². The van der Waals surface area contributed by atoms with E-state index < -0.39 is 6.04 Å². The van der Waals surface area contributed by atoms with Gasteiger partial charge < -0.3 is 16.0 Å². The van der Waals surface area contributed by atoms with Crippen LogP contribution in [0.4, 0.5) is 10.1 Å². The van der Waals surface area contributed by atoms with Gasteiger partial charge in [-0.05, 0) is 42.3 Å². The molecule has 7 heteroatoms. The first kappa shape index (κ1) is 16.5. The van der Waals surface area contributed by atoms with Crippen molar-refractivity contribution in [3.05, 3.63) is 60.0 Å². The molecule has 1 aliphatic rings. The lowest BCUT2D eigenvalue weighted by Crippen LogP contribution is -2.38. The summed E-state index contributed by atoms with van der Waals surface area (Å²) in [5.41, 5.74) is 8.69. The van der Waals surface area contributed by atoms with Crippen molar-refractivity contribution in [3.8, 4) is 0 Å². The number of fused-ring (bicyclic) bond motifs is 1. The van der Waals surface area contributed by atoms with E-state index in [0.29, 0.717) is 18.7 Å². The number of aromatic nitrogens is 2. The summed E-state index contributed by atoms with van der Waals surface area (Å²) in [6, 6.07) is 11.2. The maximum Gasteiger partial charge on any atom is 0.244 e. The Hall–Kier alpha value is -2.93. The van der Waals surface area contributed by atoms with Crippen LogP contribution in [-0.4, -0.2) is 40.1 Å². The van der Waals surface area contributed by atoms with Crippen LogP contribution < -0.4 is 11.1 Å². The fourth-order valence-corrected chi connectivity index (χ4v) is 3.36. The van der Waals surface area contributed by atoms with Crippen LogP contribution in [0, 0.1) is 5.82 Å². The van der Waals surface area contributed by atoms with Gasteiger partial charge >= 0.3 is 0 Å². The maximum atomic E-state index is 13.0. The molecule has 1 amide bonds. The third-order valence-corrected chi connectivity index (χ3v) is 4.81. The summed E-state index contributed by atoms with van der Waals surface area (Å²) in [7, 11) is 0. The fraction of sp³-hybridized carbons (Fsp3) is 0.263. The number of rotatable bonds is 4. The van der Waals surface area contributed by atoms with Gasteiger partial charge in [0.25, 0.3) is 0 Å². The quantitative estimate of drug-likeness (QED) is 0.672. The zero-order valence-electron chi connectivity index (χ0n) is 14.2. The normalized spacial score (nSPS) is 18.2. The van der Waals surface area contributed by atoms with E-state index in [9.17, 15) is 9.18 Å². The molecule has 0 spiro atoms. The van der Waals surface area contributed by atoms with E-state index in [1.165, 1.54) is 12.1 Å². The van der Waals surface area contributed by atoms with Crippen molar-refractivity contribution in [3.63, 3.8) is 0 Å². The number of benzene rings is 2. The lowest BCUT2D eigenvalue weighted by molar-refractivity contribution is -0.131. The number of hydrogen-bond acceptors (Lipinski definition) is 4. The molecule has 2 aromatic carbocycles. The molecule has 1 fully saturated rings. The van der Waals surface area contributed by atoms with E-state index in [4.69, 9.17) is 5.73 Å². The van der Waals surface area contributed by atoms with Crippen LogP contribution in [0.2, 0.25) is 0 Å². The number of anilines is 1. The lowest BCUT2D eigenvalue weighted by atomic mass is 10.1. The first-order valence-electron chi connectivity index (χ1n) is 8.59. The monoisotopic (exact) mass is 353 g/mol. The van der Waals surface area contributed by atoms with Crippen molar-refractivity contribution in [1.82, 2.24) is 15.1 Å². The number of halogens is 1. The van der Waals surface area contributed by atoms with E-state index in [1.54, 1.807) is 23.2 Å². The second-order valence-electron chi connectivity index (χ2n) is 6.62. The van der Waals surface area contributed by atoms with Crippen LogP contribution in [0.1, 0.15) is 18.0 Å². The zero-order chi connectivity index (χ0) is 18.1. The summed E-state index contributed by atoms with van der Waals surface area (Å²) in [6.45, 7) is 1.25. The van der Waals surface area contributed by atoms with Gasteiger partial charge in [-0.25, -0.2) is 4.39 Å². The van der Waals surface area contributed by atoms with Gasteiger partial charge in [0.1, 0.15) is 11.9 Å². The topological polar surface area (TPSA) is 87.0 Å². The van der Waals surface area contributed by atoms with Crippen molar-refractivity contribution in [2.75, 3.05) is 18.4 Å². The van der Waals surface area contributed by atoms with Crippen LogP contribution in [0.25, 0.3) is 10.9 Å². The van der Waals surface area contributed by atoms with Gasteiger partial charge in [0.15, 0.2) is 0 Å². The summed E-state index contributed by atoms with van der Waals surface area (Å²) in [4.78, 5) is 14.4. The molecule has 4 N–H and O–H groups in total. The van der Waals surface area contributed by atoms with Crippen molar-refractivity contribution in [1.29, 1.82) is 0 Å². The average Bonchev–Trinajstić information content (AvgIpc) is 3.30. The molecule has 6 nitrogen and oxygen atoms in total. The number of nitrogens with zero attached hydrogens (tertiary/aromatic N) is 2. The van der Waals surface area contributed by atoms with Gasteiger partial charge in [-0.15, -0.1) is 0 Å². The van der Waals surface area contributed by atoms with Crippen molar-refractivity contribution < 1.29 is 9.18 Å². The largest absolute Gasteiger partial charge is 0.380 e. The highest BCUT2D eigenvalue weighted by Crippen LogP contribution is 2.22. The molecule has 4 rings (SSSR count). The minimum Gasteiger partial charge on any atom is -0.380 e. The molecule has 2 atom stereocenters. The molecule has 0 radical (unpaired) electrons.